The molecular weight excluding hydrogens is 349 g/mol. The maximum absolute atomic E-state index is 12.4. The summed E-state index contributed by atoms with van der Waals surface area (Å²) in [6.07, 6.45) is 6.71. The lowest BCUT2D eigenvalue weighted by molar-refractivity contribution is -0.118. The van der Waals surface area contributed by atoms with Crippen LogP contribution in [0.2, 0.25) is 10.0 Å². The summed E-state index contributed by atoms with van der Waals surface area (Å²) in [6, 6.07) is 5.28. The van der Waals surface area contributed by atoms with Crippen LogP contribution in [0.4, 0.5) is 0 Å². The van der Waals surface area contributed by atoms with Gasteiger partial charge in [0.25, 0.3) is 0 Å². The first-order valence-electron chi connectivity index (χ1n) is 7.75. The number of aromatic nitrogens is 2. The number of benzene rings is 1. The molecular formula is C17H17Cl2N3O2. The third-order valence-corrected chi connectivity index (χ3v) is 5.00. The Morgan fingerprint density at radius 2 is 2.08 bits per heavy atom. The van der Waals surface area contributed by atoms with E-state index in [1.54, 1.807) is 31.2 Å². The summed E-state index contributed by atoms with van der Waals surface area (Å²) in [5, 5.41) is 7.92. The van der Waals surface area contributed by atoms with Crippen molar-refractivity contribution in [2.24, 2.45) is 0 Å². The number of carbonyl (C=O) groups excluding carboxylic acids is 1. The number of halogens is 2. The molecule has 7 heteroatoms. The molecule has 24 heavy (non-hydrogen) atoms. The predicted molar refractivity (Wildman–Crippen MR) is 92.8 cm³/mol. The Morgan fingerprint density at radius 3 is 2.75 bits per heavy atom. The number of hydrogen-bond acceptors (Lipinski definition) is 4. The third-order valence-electron chi connectivity index (χ3n) is 4.17. The maximum Gasteiger partial charge on any atom is 0.244 e. The summed E-state index contributed by atoms with van der Waals surface area (Å²) in [6.45, 7) is 1.74. The van der Waals surface area contributed by atoms with E-state index in [9.17, 15) is 4.79 Å². The first kappa shape index (κ1) is 17.0. The van der Waals surface area contributed by atoms with Crippen LogP contribution in [0.5, 0.6) is 0 Å². The van der Waals surface area contributed by atoms with Gasteiger partial charge in [0, 0.05) is 13.0 Å². The van der Waals surface area contributed by atoms with Gasteiger partial charge >= 0.3 is 0 Å². The molecule has 0 atom stereocenters. The van der Waals surface area contributed by atoms with Crippen LogP contribution in [0.15, 0.2) is 28.8 Å². The van der Waals surface area contributed by atoms with Crippen LogP contribution < -0.4 is 5.32 Å². The smallest absolute Gasteiger partial charge is 0.244 e. The fraction of sp³-hybridized carbons (Fsp3) is 0.353. The molecule has 0 spiro atoms. The van der Waals surface area contributed by atoms with Crippen LogP contribution in [-0.4, -0.2) is 16.0 Å². The number of nitrogens with zero attached hydrogens (tertiary/aromatic N) is 2. The highest BCUT2D eigenvalue weighted by atomic mass is 35.5. The average Bonchev–Trinajstić information content (AvgIpc) is 3.19. The molecule has 0 saturated heterocycles. The molecule has 0 bridgehead atoms. The van der Waals surface area contributed by atoms with Crippen molar-refractivity contribution in [3.63, 3.8) is 0 Å². The van der Waals surface area contributed by atoms with Gasteiger partial charge in [0.15, 0.2) is 5.82 Å². The van der Waals surface area contributed by atoms with Crippen molar-refractivity contribution in [2.75, 3.05) is 0 Å². The van der Waals surface area contributed by atoms with Crippen LogP contribution in [0.1, 0.15) is 43.0 Å². The van der Waals surface area contributed by atoms with Crippen LogP contribution >= 0.6 is 23.2 Å². The van der Waals surface area contributed by atoms with Crippen LogP contribution in [0.25, 0.3) is 6.08 Å². The van der Waals surface area contributed by atoms with Crippen molar-refractivity contribution >= 4 is 35.2 Å². The van der Waals surface area contributed by atoms with Gasteiger partial charge in [-0.1, -0.05) is 53.3 Å². The SMILES string of the molecule is Cc1nc(C2(NC(=O)/C=C/c3cccc(Cl)c3Cl)CCCC2)no1. The summed E-state index contributed by atoms with van der Waals surface area (Å²) in [5.41, 5.74) is 0.132. The van der Waals surface area contributed by atoms with Crippen molar-refractivity contribution in [1.82, 2.24) is 15.5 Å². The number of amides is 1. The zero-order chi connectivity index (χ0) is 17.2. The van der Waals surface area contributed by atoms with Crippen molar-refractivity contribution in [2.45, 2.75) is 38.1 Å². The molecule has 1 aromatic carbocycles. The topological polar surface area (TPSA) is 68.0 Å². The number of carbonyl (C=O) groups is 1. The standard InChI is InChI=1S/C17H17Cl2N3O2/c1-11-20-16(22-24-11)17(9-2-3-10-17)21-14(23)8-7-12-5-4-6-13(18)15(12)19/h4-8H,2-3,9-10H2,1H3,(H,21,23)/b8-7+. The summed E-state index contributed by atoms with van der Waals surface area (Å²) < 4.78 is 5.08. The van der Waals surface area contributed by atoms with Gasteiger partial charge < -0.3 is 9.84 Å². The minimum atomic E-state index is -0.558. The molecule has 5 nitrogen and oxygen atoms in total. The lowest BCUT2D eigenvalue weighted by atomic mass is 9.96. The monoisotopic (exact) mass is 365 g/mol. The van der Waals surface area contributed by atoms with E-state index < -0.39 is 5.54 Å². The Kier molecular flexibility index (Phi) is 4.92. The van der Waals surface area contributed by atoms with Crippen LogP contribution in [-0.2, 0) is 10.3 Å². The minimum absolute atomic E-state index is 0.226. The lowest BCUT2D eigenvalue weighted by Gasteiger charge is -2.25. The van der Waals surface area contributed by atoms with E-state index in [1.807, 2.05) is 0 Å². The molecule has 1 aliphatic rings. The van der Waals surface area contributed by atoms with Crippen molar-refractivity contribution < 1.29 is 9.32 Å². The van der Waals surface area contributed by atoms with E-state index in [0.717, 1.165) is 25.7 Å². The van der Waals surface area contributed by atoms with Gasteiger partial charge in [0.1, 0.15) is 5.54 Å². The summed E-state index contributed by atoms with van der Waals surface area (Å²) in [7, 11) is 0. The molecule has 1 aromatic heterocycles. The lowest BCUT2D eigenvalue weighted by Crippen LogP contribution is -2.44. The largest absolute Gasteiger partial charge is 0.340 e. The quantitative estimate of drug-likeness (QED) is 0.820. The third kappa shape index (κ3) is 3.47. The molecule has 1 N–H and O–H groups in total. The minimum Gasteiger partial charge on any atom is -0.340 e. The highest BCUT2D eigenvalue weighted by molar-refractivity contribution is 6.42. The van der Waals surface area contributed by atoms with E-state index in [0.29, 0.717) is 27.3 Å². The summed E-state index contributed by atoms with van der Waals surface area (Å²) >= 11 is 12.1. The fourth-order valence-electron chi connectivity index (χ4n) is 2.97. The summed E-state index contributed by atoms with van der Waals surface area (Å²) in [5.74, 6) is 0.808. The molecule has 0 radical (unpaired) electrons. The normalized spacial score (nSPS) is 16.6. The van der Waals surface area contributed by atoms with Gasteiger partial charge in [-0.15, -0.1) is 0 Å². The molecule has 2 aromatic rings. The van der Waals surface area contributed by atoms with Gasteiger partial charge in [-0.05, 0) is 30.5 Å². The zero-order valence-electron chi connectivity index (χ0n) is 13.2. The van der Waals surface area contributed by atoms with Crippen molar-refractivity contribution in [1.29, 1.82) is 0 Å². The van der Waals surface area contributed by atoms with Gasteiger partial charge in [-0.25, -0.2) is 0 Å². The fourth-order valence-corrected chi connectivity index (χ4v) is 3.34. The van der Waals surface area contributed by atoms with Crippen molar-refractivity contribution in [3.8, 4) is 0 Å². The molecule has 1 fully saturated rings. The summed E-state index contributed by atoms with van der Waals surface area (Å²) in [4.78, 5) is 16.7. The van der Waals surface area contributed by atoms with Crippen molar-refractivity contribution in [3.05, 3.63) is 51.6 Å². The van der Waals surface area contributed by atoms with Gasteiger partial charge in [0.05, 0.1) is 10.0 Å². The van der Waals surface area contributed by atoms with E-state index in [-0.39, 0.29) is 5.91 Å². The maximum atomic E-state index is 12.4. The van der Waals surface area contributed by atoms with Gasteiger partial charge in [-0.2, -0.15) is 4.98 Å². The molecule has 1 saturated carbocycles. The van der Waals surface area contributed by atoms with Crippen LogP contribution in [0.3, 0.4) is 0 Å². The molecule has 126 valence electrons. The molecule has 1 aliphatic carbocycles. The Morgan fingerprint density at radius 1 is 1.33 bits per heavy atom. The number of hydrogen-bond donors (Lipinski definition) is 1. The Balaban J connectivity index is 1.77. The number of aryl methyl sites for hydroxylation is 1. The zero-order valence-corrected chi connectivity index (χ0v) is 14.7. The molecule has 1 amide bonds. The molecule has 1 heterocycles. The second kappa shape index (κ2) is 6.95. The first-order valence-corrected chi connectivity index (χ1v) is 8.51. The second-order valence-corrected chi connectivity index (χ2v) is 6.68. The van der Waals surface area contributed by atoms with E-state index >= 15 is 0 Å². The Hall–Kier alpha value is -1.85. The number of nitrogens with one attached hydrogen (secondary N) is 1. The van der Waals surface area contributed by atoms with E-state index in [2.05, 4.69) is 15.5 Å². The average molecular weight is 366 g/mol. The molecule has 3 rings (SSSR count). The van der Waals surface area contributed by atoms with Gasteiger partial charge in [-0.3, -0.25) is 4.79 Å². The predicted octanol–water partition coefficient (Wildman–Crippen LogP) is 4.28. The highest BCUT2D eigenvalue weighted by Gasteiger charge is 2.40. The van der Waals surface area contributed by atoms with Gasteiger partial charge in [0.2, 0.25) is 11.8 Å². The van der Waals surface area contributed by atoms with E-state index in [4.69, 9.17) is 27.7 Å². The Bertz CT molecular complexity index is 780. The molecule has 0 unspecified atom stereocenters. The first-order chi connectivity index (χ1) is 11.5. The highest BCUT2D eigenvalue weighted by Crippen LogP contribution is 2.37. The number of rotatable bonds is 4. The Labute approximate surface area is 150 Å². The second-order valence-electron chi connectivity index (χ2n) is 5.89. The van der Waals surface area contributed by atoms with Crippen LogP contribution in [0, 0.1) is 6.92 Å². The van der Waals surface area contributed by atoms with E-state index in [1.165, 1.54) is 6.08 Å². The molecule has 0 aliphatic heterocycles.